The Kier molecular flexibility index (Phi) is 3.97. The van der Waals surface area contributed by atoms with Crippen molar-refractivity contribution >= 4 is 21.7 Å². The summed E-state index contributed by atoms with van der Waals surface area (Å²) in [7, 11) is 0. The molecule has 18 heavy (non-hydrogen) atoms. The molecule has 0 aliphatic rings. The number of aryl methyl sites for hydroxylation is 2. The maximum atomic E-state index is 4.57. The van der Waals surface area contributed by atoms with Gasteiger partial charge in [0.15, 0.2) is 5.82 Å². The first-order valence-corrected chi connectivity index (χ1v) is 6.76. The summed E-state index contributed by atoms with van der Waals surface area (Å²) in [5.74, 6) is 1.61. The molecule has 1 N–H and O–H groups in total. The van der Waals surface area contributed by atoms with E-state index in [1.165, 1.54) is 5.56 Å². The number of aromatic nitrogens is 2. The molecule has 0 spiro atoms. The lowest BCUT2D eigenvalue weighted by atomic mass is 10.1. The van der Waals surface area contributed by atoms with Gasteiger partial charge in [-0.1, -0.05) is 23.8 Å². The van der Waals surface area contributed by atoms with E-state index in [4.69, 9.17) is 0 Å². The molecule has 2 aromatic rings. The summed E-state index contributed by atoms with van der Waals surface area (Å²) in [5.41, 5.74) is 3.20. The Morgan fingerprint density at radius 1 is 1.22 bits per heavy atom. The van der Waals surface area contributed by atoms with E-state index in [0.29, 0.717) is 0 Å². The number of benzene rings is 1. The number of rotatable bonds is 3. The standard InChI is InChI=1S/C14H16BrN3/c1-4-16-14-12(15)10(3)17-13(18-14)11-7-5-6-9(2)8-11/h5-8H,4H2,1-3H3,(H,16,17,18). The molecule has 0 radical (unpaired) electrons. The van der Waals surface area contributed by atoms with Crippen molar-refractivity contribution in [1.82, 2.24) is 9.97 Å². The molecule has 1 aromatic carbocycles. The maximum absolute atomic E-state index is 4.57. The van der Waals surface area contributed by atoms with Crippen molar-refractivity contribution in [3.05, 3.63) is 40.0 Å². The van der Waals surface area contributed by atoms with Crippen LogP contribution in [0.15, 0.2) is 28.7 Å². The van der Waals surface area contributed by atoms with Crippen LogP contribution in [0.1, 0.15) is 18.2 Å². The highest BCUT2D eigenvalue weighted by Crippen LogP contribution is 2.26. The van der Waals surface area contributed by atoms with E-state index in [-0.39, 0.29) is 0 Å². The van der Waals surface area contributed by atoms with Gasteiger partial charge in [-0.05, 0) is 42.8 Å². The van der Waals surface area contributed by atoms with Crippen molar-refractivity contribution < 1.29 is 0 Å². The Morgan fingerprint density at radius 2 is 2.00 bits per heavy atom. The molecule has 0 saturated heterocycles. The first-order chi connectivity index (χ1) is 8.61. The molecule has 0 saturated carbocycles. The van der Waals surface area contributed by atoms with Crippen molar-refractivity contribution in [1.29, 1.82) is 0 Å². The molecular formula is C14H16BrN3. The Hall–Kier alpha value is -1.42. The maximum Gasteiger partial charge on any atom is 0.161 e. The molecule has 4 heteroatoms. The summed E-state index contributed by atoms with van der Waals surface area (Å²) in [5, 5.41) is 3.24. The van der Waals surface area contributed by atoms with Crippen LogP contribution in [0, 0.1) is 13.8 Å². The van der Waals surface area contributed by atoms with Gasteiger partial charge in [-0.2, -0.15) is 0 Å². The smallest absolute Gasteiger partial charge is 0.161 e. The molecule has 0 aliphatic carbocycles. The highest BCUT2D eigenvalue weighted by molar-refractivity contribution is 9.10. The van der Waals surface area contributed by atoms with Crippen LogP contribution in [-0.2, 0) is 0 Å². The average molecular weight is 306 g/mol. The molecular weight excluding hydrogens is 290 g/mol. The van der Waals surface area contributed by atoms with Crippen molar-refractivity contribution in [2.75, 3.05) is 11.9 Å². The van der Waals surface area contributed by atoms with Crippen LogP contribution < -0.4 is 5.32 Å². The van der Waals surface area contributed by atoms with Gasteiger partial charge < -0.3 is 5.32 Å². The summed E-state index contributed by atoms with van der Waals surface area (Å²) in [6.45, 7) is 6.94. The monoisotopic (exact) mass is 305 g/mol. The Bertz CT molecular complexity index is 567. The minimum absolute atomic E-state index is 0.760. The Labute approximate surface area is 116 Å². The molecule has 0 atom stereocenters. The molecule has 1 aromatic heterocycles. The van der Waals surface area contributed by atoms with Crippen molar-refractivity contribution in [2.24, 2.45) is 0 Å². The van der Waals surface area contributed by atoms with Crippen LogP contribution >= 0.6 is 15.9 Å². The predicted molar refractivity (Wildman–Crippen MR) is 78.8 cm³/mol. The fourth-order valence-electron chi connectivity index (χ4n) is 1.76. The fourth-order valence-corrected chi connectivity index (χ4v) is 2.07. The van der Waals surface area contributed by atoms with Crippen LogP contribution in [0.25, 0.3) is 11.4 Å². The van der Waals surface area contributed by atoms with Gasteiger partial charge in [0, 0.05) is 12.1 Å². The first kappa shape index (κ1) is 13.0. The topological polar surface area (TPSA) is 37.8 Å². The molecule has 3 nitrogen and oxygen atoms in total. The fraction of sp³-hybridized carbons (Fsp3) is 0.286. The number of halogens is 1. The SMILES string of the molecule is CCNc1nc(-c2cccc(C)c2)nc(C)c1Br. The first-order valence-electron chi connectivity index (χ1n) is 5.97. The third-order valence-corrected chi connectivity index (χ3v) is 3.59. The summed E-state index contributed by atoms with van der Waals surface area (Å²) in [6.07, 6.45) is 0. The lowest BCUT2D eigenvalue weighted by Gasteiger charge is -2.10. The molecule has 0 bridgehead atoms. The van der Waals surface area contributed by atoms with Gasteiger partial charge in [0.25, 0.3) is 0 Å². The minimum Gasteiger partial charge on any atom is -0.369 e. The van der Waals surface area contributed by atoms with E-state index in [2.05, 4.69) is 57.2 Å². The molecule has 0 aliphatic heterocycles. The minimum atomic E-state index is 0.760. The summed E-state index contributed by atoms with van der Waals surface area (Å²) in [6, 6.07) is 8.22. The second kappa shape index (κ2) is 5.48. The van der Waals surface area contributed by atoms with Crippen molar-refractivity contribution in [3.8, 4) is 11.4 Å². The third kappa shape index (κ3) is 2.70. The second-order valence-electron chi connectivity index (χ2n) is 4.20. The van der Waals surface area contributed by atoms with Crippen LogP contribution in [0.5, 0.6) is 0 Å². The number of anilines is 1. The van der Waals surface area contributed by atoms with E-state index in [1.54, 1.807) is 0 Å². The summed E-state index contributed by atoms with van der Waals surface area (Å²) >= 11 is 3.51. The van der Waals surface area contributed by atoms with Crippen molar-refractivity contribution in [3.63, 3.8) is 0 Å². The average Bonchev–Trinajstić information content (AvgIpc) is 2.35. The number of hydrogen-bond donors (Lipinski definition) is 1. The zero-order valence-electron chi connectivity index (χ0n) is 10.8. The van der Waals surface area contributed by atoms with E-state index in [0.717, 1.165) is 33.9 Å². The van der Waals surface area contributed by atoms with Crippen molar-refractivity contribution in [2.45, 2.75) is 20.8 Å². The van der Waals surface area contributed by atoms with Crippen LogP contribution in [0.4, 0.5) is 5.82 Å². The van der Waals surface area contributed by atoms with Gasteiger partial charge in [0.1, 0.15) is 5.82 Å². The van der Waals surface area contributed by atoms with Crippen LogP contribution in [-0.4, -0.2) is 16.5 Å². The normalized spacial score (nSPS) is 10.4. The second-order valence-corrected chi connectivity index (χ2v) is 4.99. The van der Waals surface area contributed by atoms with E-state index in [9.17, 15) is 0 Å². The zero-order valence-corrected chi connectivity index (χ0v) is 12.4. The van der Waals surface area contributed by atoms with E-state index >= 15 is 0 Å². The quantitative estimate of drug-likeness (QED) is 0.933. The third-order valence-electron chi connectivity index (χ3n) is 2.64. The number of hydrogen-bond acceptors (Lipinski definition) is 3. The molecule has 0 amide bonds. The Balaban J connectivity index is 2.51. The van der Waals surface area contributed by atoms with Gasteiger partial charge in [-0.3, -0.25) is 0 Å². The van der Waals surface area contributed by atoms with Gasteiger partial charge in [-0.15, -0.1) is 0 Å². The summed E-state index contributed by atoms with van der Waals surface area (Å²) < 4.78 is 0.931. The Morgan fingerprint density at radius 3 is 2.67 bits per heavy atom. The molecule has 1 heterocycles. The largest absolute Gasteiger partial charge is 0.369 e. The molecule has 0 fully saturated rings. The van der Waals surface area contributed by atoms with Crippen LogP contribution in [0.3, 0.4) is 0 Å². The van der Waals surface area contributed by atoms with Crippen LogP contribution in [0.2, 0.25) is 0 Å². The van der Waals surface area contributed by atoms with Gasteiger partial charge in [0.05, 0.1) is 10.2 Å². The zero-order chi connectivity index (χ0) is 13.1. The van der Waals surface area contributed by atoms with E-state index in [1.807, 2.05) is 19.1 Å². The summed E-state index contributed by atoms with van der Waals surface area (Å²) in [4.78, 5) is 9.09. The predicted octanol–water partition coefficient (Wildman–Crippen LogP) is 3.95. The molecule has 0 unspecified atom stereocenters. The highest BCUT2D eigenvalue weighted by Gasteiger charge is 2.10. The lowest BCUT2D eigenvalue weighted by Crippen LogP contribution is -2.04. The number of nitrogens with zero attached hydrogens (tertiary/aromatic N) is 2. The highest BCUT2D eigenvalue weighted by atomic mass is 79.9. The molecule has 94 valence electrons. The van der Waals surface area contributed by atoms with Gasteiger partial charge in [-0.25, -0.2) is 9.97 Å². The molecule has 2 rings (SSSR count). The number of nitrogens with one attached hydrogen (secondary N) is 1. The van der Waals surface area contributed by atoms with E-state index < -0.39 is 0 Å². The lowest BCUT2D eigenvalue weighted by molar-refractivity contribution is 1.06. The van der Waals surface area contributed by atoms with Gasteiger partial charge in [0.2, 0.25) is 0 Å². The van der Waals surface area contributed by atoms with Gasteiger partial charge >= 0.3 is 0 Å².